The Bertz CT molecular complexity index is 1400. The van der Waals surface area contributed by atoms with Crippen LogP contribution in [-0.4, -0.2) is 24.9 Å². The molecule has 0 amide bonds. The monoisotopic (exact) mass is 530 g/mol. The predicted octanol–water partition coefficient (Wildman–Crippen LogP) is 6.82. The number of halogens is 2. The van der Waals surface area contributed by atoms with Gasteiger partial charge in [-0.05, 0) is 48.9 Å². The van der Waals surface area contributed by atoms with Crippen LogP contribution in [0.3, 0.4) is 0 Å². The molecule has 4 aromatic rings. The first kappa shape index (κ1) is 24.4. The molecule has 3 aromatic carbocycles. The molecule has 0 aliphatic rings. The highest BCUT2D eigenvalue weighted by molar-refractivity contribution is 7.92. The van der Waals surface area contributed by atoms with Crippen LogP contribution in [0.4, 0.5) is 0 Å². The van der Waals surface area contributed by atoms with Gasteiger partial charge in [-0.25, -0.2) is 13.4 Å². The Hall–Kier alpha value is -2.71. The van der Waals surface area contributed by atoms with Gasteiger partial charge >= 0.3 is 0 Å². The molecule has 0 bridgehead atoms. The van der Waals surface area contributed by atoms with E-state index < -0.39 is 9.84 Å². The Kier molecular flexibility index (Phi) is 7.68. The maximum atomic E-state index is 13.1. The molecule has 5 nitrogen and oxygen atoms in total. The topological polar surface area (TPSA) is 68.6 Å². The summed E-state index contributed by atoms with van der Waals surface area (Å²) in [7, 11) is -3.65. The number of rotatable bonds is 8. The molecule has 174 valence electrons. The zero-order chi connectivity index (χ0) is 24.1. The van der Waals surface area contributed by atoms with Crippen LogP contribution < -0.4 is 0 Å². The quantitative estimate of drug-likeness (QED) is 0.185. The summed E-state index contributed by atoms with van der Waals surface area (Å²) in [5.74, 6) is -0.319. The fraction of sp³-hybridized carbons (Fsp3) is 0.120. The largest absolute Gasteiger partial charge is 0.391 e. The van der Waals surface area contributed by atoms with Crippen molar-refractivity contribution in [2.45, 2.75) is 18.4 Å². The number of benzene rings is 3. The number of hydrogen-bond acceptors (Lipinski definition) is 6. The molecule has 34 heavy (non-hydrogen) atoms. The van der Waals surface area contributed by atoms with Gasteiger partial charge in [0, 0.05) is 15.6 Å². The van der Waals surface area contributed by atoms with Crippen molar-refractivity contribution in [3.05, 3.63) is 105 Å². The van der Waals surface area contributed by atoms with Gasteiger partial charge in [-0.15, -0.1) is 11.3 Å². The van der Waals surface area contributed by atoms with Crippen LogP contribution >= 0.6 is 34.5 Å². The number of aromatic nitrogens is 1. The molecule has 4 rings (SSSR count). The number of aryl methyl sites for hydroxylation is 1. The molecule has 0 aliphatic carbocycles. The molecule has 0 N–H and O–H groups in total. The standard InChI is InChI=1S/C25H20Cl2N2O3S2/c1-17-24(33-25(28-17)19-9-13-21(27)14-10-19)23(16-34(30,31)22-5-3-2-4-6-22)29-32-15-18-7-11-20(26)12-8-18/h2-14H,15-16H2,1H3/b29-23+. The van der Waals surface area contributed by atoms with Crippen molar-refractivity contribution in [3.8, 4) is 10.6 Å². The average Bonchev–Trinajstić information content (AvgIpc) is 3.22. The molecule has 1 aromatic heterocycles. The third kappa shape index (κ3) is 6.04. The smallest absolute Gasteiger partial charge is 0.184 e. The summed E-state index contributed by atoms with van der Waals surface area (Å²) in [6, 6.07) is 22.8. The molecule has 0 fully saturated rings. The maximum Gasteiger partial charge on any atom is 0.184 e. The normalized spacial score (nSPS) is 12.0. The van der Waals surface area contributed by atoms with Crippen molar-refractivity contribution in [2.24, 2.45) is 5.16 Å². The molecule has 0 aliphatic heterocycles. The van der Waals surface area contributed by atoms with Crippen LogP contribution in [0.5, 0.6) is 0 Å². The van der Waals surface area contributed by atoms with Gasteiger partial charge < -0.3 is 4.84 Å². The predicted molar refractivity (Wildman–Crippen MR) is 139 cm³/mol. The van der Waals surface area contributed by atoms with Crippen LogP contribution in [0, 0.1) is 6.92 Å². The van der Waals surface area contributed by atoms with Crippen molar-refractivity contribution >= 4 is 50.1 Å². The van der Waals surface area contributed by atoms with Gasteiger partial charge in [-0.3, -0.25) is 0 Å². The zero-order valence-electron chi connectivity index (χ0n) is 18.1. The fourth-order valence-corrected chi connectivity index (χ4v) is 5.86. The number of thiazole rings is 1. The fourth-order valence-electron chi connectivity index (χ4n) is 3.17. The first-order chi connectivity index (χ1) is 16.3. The molecule has 0 unspecified atom stereocenters. The molecule has 0 radical (unpaired) electrons. The van der Waals surface area contributed by atoms with Gasteiger partial charge in [0.2, 0.25) is 0 Å². The Morgan fingerprint density at radius 2 is 1.56 bits per heavy atom. The minimum absolute atomic E-state index is 0.175. The summed E-state index contributed by atoms with van der Waals surface area (Å²) in [6.45, 7) is 2.00. The van der Waals surface area contributed by atoms with Gasteiger partial charge in [-0.2, -0.15) is 0 Å². The summed E-state index contributed by atoms with van der Waals surface area (Å²) in [5.41, 5.74) is 2.72. The van der Waals surface area contributed by atoms with E-state index in [1.807, 2.05) is 31.2 Å². The maximum absolute atomic E-state index is 13.1. The van der Waals surface area contributed by atoms with Crippen molar-refractivity contribution < 1.29 is 13.3 Å². The molecule has 1 heterocycles. The van der Waals surface area contributed by atoms with E-state index in [0.29, 0.717) is 26.3 Å². The second-order valence-electron chi connectivity index (χ2n) is 7.45. The third-order valence-electron chi connectivity index (χ3n) is 4.90. The average molecular weight is 531 g/mol. The summed E-state index contributed by atoms with van der Waals surface area (Å²) in [6.07, 6.45) is 0. The van der Waals surface area contributed by atoms with E-state index in [0.717, 1.165) is 16.1 Å². The van der Waals surface area contributed by atoms with Crippen LogP contribution in [0.25, 0.3) is 10.6 Å². The van der Waals surface area contributed by atoms with E-state index in [9.17, 15) is 8.42 Å². The van der Waals surface area contributed by atoms with E-state index in [4.69, 9.17) is 28.0 Å². The van der Waals surface area contributed by atoms with Crippen LogP contribution in [0.2, 0.25) is 10.0 Å². The third-order valence-corrected chi connectivity index (χ3v) is 8.30. The highest BCUT2D eigenvalue weighted by atomic mass is 35.5. The van der Waals surface area contributed by atoms with E-state index in [1.165, 1.54) is 11.3 Å². The summed E-state index contributed by atoms with van der Waals surface area (Å²) < 4.78 is 26.3. The Balaban J connectivity index is 1.67. The number of oxime groups is 1. The number of hydrogen-bond donors (Lipinski definition) is 0. The van der Waals surface area contributed by atoms with Crippen LogP contribution in [0.15, 0.2) is 88.9 Å². The van der Waals surface area contributed by atoms with Gasteiger partial charge in [0.1, 0.15) is 23.1 Å². The highest BCUT2D eigenvalue weighted by Gasteiger charge is 2.23. The van der Waals surface area contributed by atoms with Crippen molar-refractivity contribution in [3.63, 3.8) is 0 Å². The van der Waals surface area contributed by atoms with E-state index >= 15 is 0 Å². The van der Waals surface area contributed by atoms with E-state index in [-0.39, 0.29) is 17.3 Å². The minimum Gasteiger partial charge on any atom is -0.391 e. The van der Waals surface area contributed by atoms with Gasteiger partial charge in [-0.1, -0.05) is 70.8 Å². The second kappa shape index (κ2) is 10.7. The van der Waals surface area contributed by atoms with Gasteiger partial charge in [0.15, 0.2) is 9.84 Å². The van der Waals surface area contributed by atoms with E-state index in [2.05, 4.69) is 10.1 Å². The summed E-state index contributed by atoms with van der Waals surface area (Å²) in [5, 5.41) is 6.25. The lowest BCUT2D eigenvalue weighted by Gasteiger charge is -2.08. The Morgan fingerprint density at radius 1 is 0.941 bits per heavy atom. The first-order valence-electron chi connectivity index (χ1n) is 10.3. The van der Waals surface area contributed by atoms with Crippen LogP contribution in [0.1, 0.15) is 16.1 Å². The molecular formula is C25H20Cl2N2O3S2. The Labute approximate surface area is 212 Å². The number of sulfone groups is 1. The molecular weight excluding hydrogens is 511 g/mol. The first-order valence-corrected chi connectivity index (χ1v) is 13.5. The highest BCUT2D eigenvalue weighted by Crippen LogP contribution is 2.30. The summed E-state index contributed by atoms with van der Waals surface area (Å²) in [4.78, 5) is 11.1. The lowest BCUT2D eigenvalue weighted by atomic mass is 10.2. The number of nitrogens with zero attached hydrogens (tertiary/aromatic N) is 2. The van der Waals surface area contributed by atoms with Crippen molar-refractivity contribution in [1.82, 2.24) is 4.98 Å². The van der Waals surface area contributed by atoms with Crippen molar-refractivity contribution in [1.29, 1.82) is 0 Å². The summed E-state index contributed by atoms with van der Waals surface area (Å²) >= 11 is 13.3. The minimum atomic E-state index is -3.65. The Morgan fingerprint density at radius 3 is 2.21 bits per heavy atom. The second-order valence-corrected chi connectivity index (χ2v) is 11.3. The van der Waals surface area contributed by atoms with E-state index in [1.54, 1.807) is 54.6 Å². The molecule has 0 atom stereocenters. The molecule has 9 heteroatoms. The molecule has 0 spiro atoms. The molecule has 0 saturated heterocycles. The zero-order valence-corrected chi connectivity index (χ0v) is 21.3. The van der Waals surface area contributed by atoms with Gasteiger partial charge in [0.05, 0.1) is 15.5 Å². The van der Waals surface area contributed by atoms with Crippen molar-refractivity contribution in [2.75, 3.05) is 5.75 Å². The lowest BCUT2D eigenvalue weighted by molar-refractivity contribution is 0.130. The van der Waals surface area contributed by atoms with Crippen LogP contribution in [-0.2, 0) is 21.3 Å². The SMILES string of the molecule is Cc1nc(-c2ccc(Cl)cc2)sc1/C(CS(=O)(=O)c1ccccc1)=N/OCc1ccc(Cl)cc1. The molecule has 0 saturated carbocycles. The van der Waals surface area contributed by atoms with Gasteiger partial charge in [0.25, 0.3) is 0 Å². The lowest BCUT2D eigenvalue weighted by Crippen LogP contribution is -2.18.